The zero-order valence-corrected chi connectivity index (χ0v) is 13.2. The minimum atomic E-state index is -0.406. The number of rotatable bonds is 7. The number of hydrogen-bond donors (Lipinski definition) is 2. The predicted octanol–water partition coefficient (Wildman–Crippen LogP) is 2.18. The zero-order valence-electron chi connectivity index (χ0n) is 11.6. The molecule has 0 unspecified atom stereocenters. The van der Waals surface area contributed by atoms with Gasteiger partial charge in [-0.3, -0.25) is 14.9 Å². The summed E-state index contributed by atoms with van der Waals surface area (Å²) in [5.41, 5.74) is 0.452. The summed E-state index contributed by atoms with van der Waals surface area (Å²) in [6.07, 6.45) is 1.72. The van der Waals surface area contributed by atoms with Crippen molar-refractivity contribution in [1.82, 2.24) is 15.5 Å². The minimum Gasteiger partial charge on any atom is -0.357 e. The van der Waals surface area contributed by atoms with E-state index in [1.54, 1.807) is 30.3 Å². The Morgan fingerprint density at radius 1 is 1.27 bits per heavy atom. The van der Waals surface area contributed by atoms with E-state index in [1.807, 2.05) is 6.07 Å². The summed E-state index contributed by atoms with van der Waals surface area (Å²) in [6, 6.07) is 8.60. The number of anilines is 1. The van der Waals surface area contributed by atoms with Crippen LogP contribution in [0.1, 0.15) is 10.4 Å². The maximum absolute atomic E-state index is 11.8. The third-order valence-corrected chi connectivity index (χ3v) is 4.43. The summed E-state index contributed by atoms with van der Waals surface area (Å²) in [6.45, 7) is 4.20. The van der Waals surface area contributed by atoms with Crippen LogP contribution in [0, 0.1) is 0 Å². The highest BCUT2D eigenvalue weighted by Crippen LogP contribution is 2.25. The fourth-order valence-corrected chi connectivity index (χ4v) is 3.01. The smallest absolute Gasteiger partial charge is 0.257 e. The van der Waals surface area contributed by atoms with Crippen LogP contribution in [0.15, 0.2) is 47.3 Å². The normalized spacial score (nSPS) is 10.0. The standard InChI is InChI=1S/C14H14N4O2S2/c1-2-8-15-13-17-18-14(22-13)21-9-11(19)16-12(20)10-6-4-3-5-7-10/h2-7H,1,8-9H2,(H,15,17)(H,16,19,20). The van der Waals surface area contributed by atoms with Gasteiger partial charge in [-0.15, -0.1) is 16.8 Å². The van der Waals surface area contributed by atoms with Crippen molar-refractivity contribution in [3.8, 4) is 0 Å². The van der Waals surface area contributed by atoms with Gasteiger partial charge in [-0.25, -0.2) is 0 Å². The highest BCUT2D eigenvalue weighted by atomic mass is 32.2. The highest BCUT2D eigenvalue weighted by Gasteiger charge is 2.12. The van der Waals surface area contributed by atoms with E-state index in [0.717, 1.165) is 0 Å². The van der Waals surface area contributed by atoms with Crippen LogP contribution in [0.5, 0.6) is 0 Å². The Morgan fingerprint density at radius 3 is 2.77 bits per heavy atom. The van der Waals surface area contributed by atoms with E-state index in [2.05, 4.69) is 27.4 Å². The van der Waals surface area contributed by atoms with Gasteiger partial charge in [0.2, 0.25) is 11.0 Å². The number of benzene rings is 1. The lowest BCUT2D eigenvalue weighted by molar-refractivity contribution is -0.117. The maximum Gasteiger partial charge on any atom is 0.257 e. The van der Waals surface area contributed by atoms with E-state index in [0.29, 0.717) is 21.6 Å². The Hall–Kier alpha value is -2.19. The largest absolute Gasteiger partial charge is 0.357 e. The molecule has 0 saturated heterocycles. The Labute approximate surface area is 136 Å². The minimum absolute atomic E-state index is 0.106. The van der Waals surface area contributed by atoms with E-state index in [-0.39, 0.29) is 11.7 Å². The molecular weight excluding hydrogens is 320 g/mol. The average molecular weight is 334 g/mol. The molecule has 1 aromatic heterocycles. The SMILES string of the molecule is C=CCNc1nnc(SCC(=O)NC(=O)c2ccccc2)s1. The van der Waals surface area contributed by atoms with Crippen LogP contribution in [0.3, 0.4) is 0 Å². The first kappa shape index (κ1) is 16.2. The van der Waals surface area contributed by atoms with Crippen molar-refractivity contribution in [1.29, 1.82) is 0 Å². The third kappa shape index (κ3) is 4.97. The molecule has 0 fully saturated rings. The molecule has 1 aromatic carbocycles. The van der Waals surface area contributed by atoms with Crippen LogP contribution >= 0.6 is 23.1 Å². The second kappa shape index (κ2) is 8.30. The second-order valence-corrected chi connectivity index (χ2v) is 6.27. The monoisotopic (exact) mass is 334 g/mol. The summed E-state index contributed by atoms with van der Waals surface area (Å²) in [5, 5.41) is 13.9. The molecule has 6 nitrogen and oxygen atoms in total. The summed E-state index contributed by atoms with van der Waals surface area (Å²) < 4.78 is 0.661. The number of hydrogen-bond acceptors (Lipinski definition) is 7. The van der Waals surface area contributed by atoms with Crippen molar-refractivity contribution in [2.75, 3.05) is 17.6 Å². The van der Waals surface area contributed by atoms with Gasteiger partial charge in [0.05, 0.1) is 5.75 Å². The third-order valence-electron chi connectivity index (χ3n) is 2.42. The van der Waals surface area contributed by atoms with Crippen molar-refractivity contribution < 1.29 is 9.59 Å². The molecule has 2 rings (SSSR count). The quantitative estimate of drug-likeness (QED) is 0.596. The number of carbonyl (C=O) groups is 2. The summed E-state index contributed by atoms with van der Waals surface area (Å²) in [7, 11) is 0. The highest BCUT2D eigenvalue weighted by molar-refractivity contribution is 8.01. The average Bonchev–Trinajstić information content (AvgIpc) is 2.99. The van der Waals surface area contributed by atoms with Crippen molar-refractivity contribution in [3.05, 3.63) is 48.6 Å². The van der Waals surface area contributed by atoms with E-state index >= 15 is 0 Å². The van der Waals surface area contributed by atoms with Gasteiger partial charge in [0.1, 0.15) is 0 Å². The van der Waals surface area contributed by atoms with Crippen molar-refractivity contribution >= 4 is 40.0 Å². The van der Waals surface area contributed by atoms with Crippen LogP contribution in [-0.4, -0.2) is 34.3 Å². The van der Waals surface area contributed by atoms with E-state index in [9.17, 15) is 9.59 Å². The molecule has 0 aliphatic heterocycles. The van der Waals surface area contributed by atoms with Crippen LogP contribution in [-0.2, 0) is 4.79 Å². The molecule has 114 valence electrons. The molecule has 0 saturated carbocycles. The number of thioether (sulfide) groups is 1. The number of aromatic nitrogens is 2. The summed E-state index contributed by atoms with van der Waals surface area (Å²) in [5.74, 6) is -0.666. The fraction of sp³-hybridized carbons (Fsp3) is 0.143. The van der Waals surface area contributed by atoms with Crippen LogP contribution in [0.2, 0.25) is 0 Å². The maximum atomic E-state index is 11.8. The molecule has 8 heteroatoms. The number of nitrogens with one attached hydrogen (secondary N) is 2. The molecule has 2 aromatic rings. The van der Waals surface area contributed by atoms with Gasteiger partial charge in [-0.05, 0) is 12.1 Å². The first-order chi connectivity index (χ1) is 10.7. The molecule has 0 atom stereocenters. The van der Waals surface area contributed by atoms with Gasteiger partial charge in [-0.2, -0.15) is 0 Å². The van der Waals surface area contributed by atoms with E-state index in [1.165, 1.54) is 23.1 Å². The van der Waals surface area contributed by atoms with Gasteiger partial charge in [0.15, 0.2) is 4.34 Å². The lowest BCUT2D eigenvalue weighted by Crippen LogP contribution is -2.31. The lowest BCUT2D eigenvalue weighted by Gasteiger charge is -2.02. The topological polar surface area (TPSA) is 84.0 Å². The first-order valence-corrected chi connectivity index (χ1v) is 8.19. The number of nitrogens with zero attached hydrogens (tertiary/aromatic N) is 2. The van der Waals surface area contributed by atoms with Gasteiger partial charge in [0.25, 0.3) is 5.91 Å². The fourth-order valence-electron chi connectivity index (χ4n) is 1.45. The summed E-state index contributed by atoms with van der Waals surface area (Å²) >= 11 is 2.58. The van der Waals surface area contributed by atoms with E-state index < -0.39 is 5.91 Å². The van der Waals surface area contributed by atoms with Gasteiger partial charge in [-0.1, -0.05) is 47.4 Å². The van der Waals surface area contributed by atoms with Crippen molar-refractivity contribution in [3.63, 3.8) is 0 Å². The lowest BCUT2D eigenvalue weighted by atomic mass is 10.2. The van der Waals surface area contributed by atoms with Gasteiger partial charge >= 0.3 is 0 Å². The zero-order chi connectivity index (χ0) is 15.8. The number of carbonyl (C=O) groups excluding carboxylic acids is 2. The molecule has 2 N–H and O–H groups in total. The van der Waals surface area contributed by atoms with Crippen molar-refractivity contribution in [2.45, 2.75) is 4.34 Å². The second-order valence-electron chi connectivity index (χ2n) is 4.07. The van der Waals surface area contributed by atoms with Crippen molar-refractivity contribution in [2.24, 2.45) is 0 Å². The number of amides is 2. The Morgan fingerprint density at radius 2 is 2.05 bits per heavy atom. The van der Waals surface area contributed by atoms with Gasteiger partial charge < -0.3 is 5.32 Å². The molecule has 0 spiro atoms. The molecular formula is C14H14N4O2S2. The molecule has 0 radical (unpaired) electrons. The van der Waals surface area contributed by atoms with Crippen LogP contribution in [0.25, 0.3) is 0 Å². The first-order valence-electron chi connectivity index (χ1n) is 6.39. The van der Waals surface area contributed by atoms with Crippen LogP contribution in [0.4, 0.5) is 5.13 Å². The molecule has 0 bridgehead atoms. The summed E-state index contributed by atoms with van der Waals surface area (Å²) in [4.78, 5) is 23.6. The van der Waals surface area contributed by atoms with E-state index in [4.69, 9.17) is 0 Å². The molecule has 22 heavy (non-hydrogen) atoms. The van der Waals surface area contributed by atoms with Crippen LogP contribution < -0.4 is 10.6 Å². The Bertz CT molecular complexity index is 658. The molecule has 2 amide bonds. The predicted molar refractivity (Wildman–Crippen MR) is 88.2 cm³/mol. The van der Waals surface area contributed by atoms with Gasteiger partial charge in [0, 0.05) is 12.1 Å². The Balaban J connectivity index is 1.79. The number of imide groups is 1. The molecule has 0 aliphatic rings. The molecule has 0 aliphatic carbocycles. The molecule has 1 heterocycles. The Kier molecular flexibility index (Phi) is 6.11.